The summed E-state index contributed by atoms with van der Waals surface area (Å²) in [4.78, 5) is 0.0172. The predicted octanol–water partition coefficient (Wildman–Crippen LogP) is 4.97. The highest BCUT2D eigenvalue weighted by molar-refractivity contribution is 9.10. The van der Waals surface area contributed by atoms with E-state index in [1.807, 2.05) is 0 Å². The molecule has 1 aromatic rings. The van der Waals surface area contributed by atoms with Crippen molar-refractivity contribution in [2.24, 2.45) is 0 Å². The summed E-state index contributed by atoms with van der Waals surface area (Å²) < 4.78 is 50.7. The van der Waals surface area contributed by atoms with Gasteiger partial charge in [-0.05, 0) is 47.6 Å². The number of hydrogen-bond donors (Lipinski definition) is 0. The van der Waals surface area contributed by atoms with E-state index in [0.29, 0.717) is 4.47 Å². The molecule has 0 radical (unpaired) electrons. The first-order valence-corrected chi connectivity index (χ1v) is 5.60. The summed E-state index contributed by atoms with van der Waals surface area (Å²) in [6.07, 6.45) is 0. The molecule has 0 aromatic heterocycles. The van der Waals surface area contributed by atoms with Crippen LogP contribution in [-0.4, -0.2) is 10.6 Å². The maximum atomic E-state index is 12.8. The van der Waals surface area contributed by atoms with Crippen molar-refractivity contribution in [3.63, 3.8) is 0 Å². The molecule has 0 nitrogen and oxygen atoms in total. The van der Waals surface area contributed by atoms with Crippen molar-refractivity contribution in [3.8, 4) is 0 Å². The highest BCUT2D eigenvalue weighted by Gasteiger charge is 2.55. The van der Waals surface area contributed by atoms with E-state index in [2.05, 4.69) is 27.5 Å². The van der Waals surface area contributed by atoms with E-state index in [4.69, 9.17) is 0 Å². The van der Waals surface area contributed by atoms with Crippen molar-refractivity contribution < 1.29 is 17.6 Å². The second-order valence-corrected chi connectivity index (χ2v) is 5.15. The van der Waals surface area contributed by atoms with Crippen molar-refractivity contribution in [1.29, 1.82) is 0 Å². The van der Waals surface area contributed by atoms with E-state index < -0.39 is 10.6 Å². The van der Waals surface area contributed by atoms with Gasteiger partial charge in [0.1, 0.15) is 0 Å². The fourth-order valence-corrected chi connectivity index (χ4v) is 1.77. The summed E-state index contributed by atoms with van der Waals surface area (Å²) in [6, 6.07) is 5.55. The Morgan fingerprint density at radius 3 is 1.93 bits per heavy atom. The van der Waals surface area contributed by atoms with Crippen molar-refractivity contribution in [1.82, 2.24) is 0 Å². The minimum atomic E-state index is -4.56. The molecule has 0 amide bonds. The van der Waals surface area contributed by atoms with E-state index in [1.165, 1.54) is 24.3 Å². The van der Waals surface area contributed by atoms with Crippen molar-refractivity contribution in [2.75, 3.05) is 0 Å². The fourth-order valence-electron chi connectivity index (χ4n) is 0.709. The van der Waals surface area contributed by atoms with Crippen molar-refractivity contribution in [3.05, 3.63) is 28.7 Å². The van der Waals surface area contributed by atoms with Gasteiger partial charge in [0.15, 0.2) is 0 Å². The average molecular weight is 324 g/mol. The Morgan fingerprint density at radius 1 is 1.07 bits per heavy atom. The zero-order valence-corrected chi connectivity index (χ0v) is 10.1. The molecule has 0 fully saturated rings. The summed E-state index contributed by atoms with van der Waals surface area (Å²) in [5.41, 5.74) is 0. The second-order valence-electron chi connectivity index (χ2n) is 2.57. The molecule has 0 aliphatic carbocycles. The maximum Gasteiger partial charge on any atom is 0.394 e. The summed E-state index contributed by atoms with van der Waals surface area (Å²) in [5.74, 6) is 0. The highest BCUT2D eigenvalue weighted by Crippen LogP contribution is 2.48. The molecule has 7 heteroatoms. The molecule has 0 aliphatic rings. The van der Waals surface area contributed by atoms with Crippen LogP contribution in [0.5, 0.6) is 0 Å². The van der Waals surface area contributed by atoms with Gasteiger partial charge in [0.25, 0.3) is 0 Å². The van der Waals surface area contributed by atoms with Gasteiger partial charge in [-0.2, -0.15) is 17.6 Å². The monoisotopic (exact) mass is 322 g/mol. The molecule has 0 aliphatic heterocycles. The summed E-state index contributed by atoms with van der Waals surface area (Å²) >= 11 is 7.11. The molecule has 0 N–H and O–H groups in total. The van der Waals surface area contributed by atoms with Gasteiger partial charge < -0.3 is 0 Å². The first kappa shape index (κ1) is 13.1. The molecule has 15 heavy (non-hydrogen) atoms. The zero-order chi connectivity index (χ0) is 11.7. The third-order valence-electron chi connectivity index (χ3n) is 1.39. The fraction of sp³-hybridized carbons (Fsp3) is 0.250. The van der Waals surface area contributed by atoms with Crippen LogP contribution in [0.1, 0.15) is 0 Å². The SMILES string of the molecule is FC(F)(Cl)C(F)(F)Sc1ccc(Br)cc1. The number of thioether (sulfide) groups is 1. The van der Waals surface area contributed by atoms with E-state index >= 15 is 0 Å². The lowest BCUT2D eigenvalue weighted by atomic mass is 10.4. The lowest BCUT2D eigenvalue weighted by molar-refractivity contribution is -0.0897. The Hall–Kier alpha value is 0.0600. The molecule has 1 aromatic carbocycles. The molecule has 0 heterocycles. The number of hydrogen-bond acceptors (Lipinski definition) is 1. The Morgan fingerprint density at radius 2 is 1.53 bits per heavy atom. The van der Waals surface area contributed by atoms with E-state index in [1.54, 1.807) is 0 Å². The van der Waals surface area contributed by atoms with Crippen LogP contribution in [0.15, 0.2) is 33.6 Å². The summed E-state index contributed by atoms with van der Waals surface area (Å²) in [5, 5.41) is -8.90. The lowest BCUT2D eigenvalue weighted by Crippen LogP contribution is -2.31. The Balaban J connectivity index is 2.82. The van der Waals surface area contributed by atoms with Gasteiger partial charge in [-0.25, -0.2) is 0 Å². The topological polar surface area (TPSA) is 0 Å². The average Bonchev–Trinajstić information content (AvgIpc) is 2.06. The molecule has 0 saturated carbocycles. The zero-order valence-electron chi connectivity index (χ0n) is 6.99. The van der Waals surface area contributed by atoms with Crippen molar-refractivity contribution >= 4 is 39.3 Å². The standard InChI is InChI=1S/C8H4BrClF4S/c9-5-1-3-6(4-2-5)15-8(13,14)7(10,11)12/h1-4H. The third-order valence-corrected chi connectivity index (χ3v) is 3.29. The second kappa shape index (κ2) is 4.51. The molecular weight excluding hydrogens is 320 g/mol. The van der Waals surface area contributed by atoms with Gasteiger partial charge >= 0.3 is 10.6 Å². The van der Waals surface area contributed by atoms with Gasteiger partial charge in [-0.3, -0.25) is 0 Å². The number of alkyl halides is 5. The highest BCUT2D eigenvalue weighted by atomic mass is 79.9. The maximum absolute atomic E-state index is 12.8. The Kier molecular flexibility index (Phi) is 3.95. The molecule has 1 rings (SSSR count). The van der Waals surface area contributed by atoms with Gasteiger partial charge in [0, 0.05) is 9.37 Å². The molecule has 0 atom stereocenters. The molecule has 0 saturated heterocycles. The molecule has 84 valence electrons. The van der Waals surface area contributed by atoms with Crippen LogP contribution in [0.25, 0.3) is 0 Å². The summed E-state index contributed by atoms with van der Waals surface area (Å²) in [7, 11) is 0. The third kappa shape index (κ3) is 3.53. The van der Waals surface area contributed by atoms with Crippen LogP contribution < -0.4 is 0 Å². The normalized spacial score (nSPS) is 12.9. The smallest absolute Gasteiger partial charge is 0.185 e. The van der Waals surface area contributed by atoms with E-state index in [-0.39, 0.29) is 16.7 Å². The minimum absolute atomic E-state index is 0.0172. The minimum Gasteiger partial charge on any atom is -0.185 e. The van der Waals surface area contributed by atoms with Crippen LogP contribution in [0, 0.1) is 0 Å². The molecule has 0 bridgehead atoms. The Bertz CT molecular complexity index is 335. The van der Waals surface area contributed by atoms with Gasteiger partial charge in [-0.15, -0.1) is 0 Å². The van der Waals surface area contributed by atoms with Crippen LogP contribution in [-0.2, 0) is 0 Å². The van der Waals surface area contributed by atoms with Crippen LogP contribution in [0.2, 0.25) is 0 Å². The van der Waals surface area contributed by atoms with Crippen LogP contribution >= 0.6 is 39.3 Å². The van der Waals surface area contributed by atoms with E-state index in [9.17, 15) is 17.6 Å². The van der Waals surface area contributed by atoms with Gasteiger partial charge in [-0.1, -0.05) is 15.9 Å². The van der Waals surface area contributed by atoms with Gasteiger partial charge in [0.05, 0.1) is 0 Å². The van der Waals surface area contributed by atoms with Crippen molar-refractivity contribution in [2.45, 2.75) is 15.5 Å². The number of halogens is 6. The van der Waals surface area contributed by atoms with Crippen LogP contribution in [0.4, 0.5) is 17.6 Å². The summed E-state index contributed by atoms with van der Waals surface area (Å²) in [6.45, 7) is 0. The Labute approximate surface area is 101 Å². The van der Waals surface area contributed by atoms with Gasteiger partial charge in [0.2, 0.25) is 0 Å². The molecule has 0 unspecified atom stereocenters. The lowest BCUT2D eigenvalue weighted by Gasteiger charge is -2.19. The largest absolute Gasteiger partial charge is 0.394 e. The first-order valence-electron chi connectivity index (χ1n) is 3.61. The predicted molar refractivity (Wildman–Crippen MR) is 55.7 cm³/mol. The first-order chi connectivity index (χ1) is 6.72. The van der Waals surface area contributed by atoms with E-state index in [0.717, 1.165) is 0 Å². The van der Waals surface area contributed by atoms with Crippen LogP contribution in [0.3, 0.4) is 0 Å². The molecule has 0 spiro atoms. The quantitative estimate of drug-likeness (QED) is 0.430. The number of benzene rings is 1. The molecular formula is C8H4BrClF4S. The number of rotatable bonds is 3.